The SMILES string of the molecule is Cc1cc2c(=O)n(-c3ccccc3)c(=O)c3cc(-c4sc(-c5cc6c(C)c7sc(-c8cc(C)c(C)s8)cc7c(C)c6s5)cc4C)sc3c2s1. The number of aryl methyl sites for hydroxylation is 6. The standard InChI is InChI=1S/C40H29NO2S6/c1-18-12-29(45-23(18)6)31-15-25-21(4)36-26(22(5)35(25)47-31)16-32(48-36)30-13-19(2)34(46-30)33-17-28-38(49-33)37-27(14-20(3)44-37)39(42)41(40(28)43)24-10-8-7-9-11-24/h7-17H,1-6H3. The van der Waals surface area contributed by atoms with Crippen LogP contribution in [-0.4, -0.2) is 4.57 Å². The van der Waals surface area contributed by atoms with Gasteiger partial charge in [0.05, 0.1) is 25.9 Å². The molecular weight excluding hydrogens is 719 g/mol. The van der Waals surface area contributed by atoms with Gasteiger partial charge in [0.25, 0.3) is 11.1 Å². The molecule has 7 aromatic heterocycles. The lowest BCUT2D eigenvalue weighted by atomic mass is 10.0. The summed E-state index contributed by atoms with van der Waals surface area (Å²) in [5.74, 6) is 0. The number of benzene rings is 2. The van der Waals surface area contributed by atoms with E-state index < -0.39 is 0 Å². The molecule has 0 N–H and O–H groups in total. The van der Waals surface area contributed by atoms with Crippen molar-refractivity contribution in [2.75, 3.05) is 0 Å². The topological polar surface area (TPSA) is 39.1 Å². The summed E-state index contributed by atoms with van der Waals surface area (Å²) in [7, 11) is 0. The molecule has 2 aromatic carbocycles. The second-order valence-electron chi connectivity index (χ2n) is 12.7. The van der Waals surface area contributed by atoms with Gasteiger partial charge in [-0.25, -0.2) is 4.57 Å². The van der Waals surface area contributed by atoms with Crippen LogP contribution in [0.25, 0.3) is 75.3 Å². The second kappa shape index (κ2) is 11.4. The summed E-state index contributed by atoms with van der Waals surface area (Å²) in [6, 6.07) is 22.6. The van der Waals surface area contributed by atoms with Gasteiger partial charge in [-0.2, -0.15) is 0 Å². The van der Waals surface area contributed by atoms with E-state index in [0.29, 0.717) is 16.5 Å². The molecule has 0 atom stereocenters. The Balaban J connectivity index is 1.18. The number of hydrogen-bond donors (Lipinski definition) is 0. The molecule has 7 heterocycles. The van der Waals surface area contributed by atoms with E-state index >= 15 is 0 Å². The Morgan fingerprint density at radius 2 is 0.980 bits per heavy atom. The predicted molar refractivity (Wildman–Crippen MR) is 220 cm³/mol. The minimum Gasteiger partial charge on any atom is -0.268 e. The Bertz CT molecular complexity index is 2860. The van der Waals surface area contributed by atoms with E-state index in [2.05, 4.69) is 58.9 Å². The number of aromatic nitrogens is 1. The van der Waals surface area contributed by atoms with Crippen LogP contribution in [0.5, 0.6) is 0 Å². The minimum absolute atomic E-state index is 0.266. The third-order valence-electron chi connectivity index (χ3n) is 9.42. The molecule has 49 heavy (non-hydrogen) atoms. The van der Waals surface area contributed by atoms with Crippen LogP contribution in [-0.2, 0) is 0 Å². The fourth-order valence-electron chi connectivity index (χ4n) is 6.74. The number of rotatable bonds is 4. The van der Waals surface area contributed by atoms with E-state index in [0.717, 1.165) is 19.2 Å². The first-order chi connectivity index (χ1) is 23.6. The highest BCUT2D eigenvalue weighted by Gasteiger charge is 2.22. The highest BCUT2D eigenvalue weighted by atomic mass is 32.1. The van der Waals surface area contributed by atoms with Gasteiger partial charge in [0.2, 0.25) is 0 Å². The number of fused-ring (bicyclic) bond motifs is 5. The van der Waals surface area contributed by atoms with Gasteiger partial charge < -0.3 is 0 Å². The molecule has 0 fully saturated rings. The average molecular weight is 748 g/mol. The molecule has 0 aliphatic rings. The lowest BCUT2D eigenvalue weighted by molar-refractivity contribution is 0.976. The zero-order chi connectivity index (χ0) is 33.9. The van der Waals surface area contributed by atoms with Crippen molar-refractivity contribution >= 4 is 108 Å². The van der Waals surface area contributed by atoms with E-state index in [1.54, 1.807) is 34.0 Å². The maximum atomic E-state index is 14.1. The molecule has 0 saturated carbocycles. The molecule has 0 aliphatic carbocycles. The van der Waals surface area contributed by atoms with E-state index in [-0.39, 0.29) is 11.1 Å². The van der Waals surface area contributed by atoms with E-state index in [1.807, 2.05) is 83.4 Å². The third kappa shape index (κ3) is 4.82. The molecular formula is C40H29NO2S6. The molecule has 9 rings (SSSR count). The lowest BCUT2D eigenvalue weighted by Gasteiger charge is -2.03. The minimum atomic E-state index is -0.271. The van der Waals surface area contributed by atoms with Gasteiger partial charge >= 0.3 is 0 Å². The van der Waals surface area contributed by atoms with Gasteiger partial charge in [0.15, 0.2) is 0 Å². The highest BCUT2D eigenvalue weighted by molar-refractivity contribution is 7.32. The summed E-state index contributed by atoms with van der Waals surface area (Å²) in [5.41, 5.74) is 5.32. The van der Waals surface area contributed by atoms with Gasteiger partial charge in [-0.05, 0) is 123 Å². The van der Waals surface area contributed by atoms with Crippen LogP contribution >= 0.6 is 68.0 Å². The maximum Gasteiger partial charge on any atom is 0.266 e. The van der Waals surface area contributed by atoms with Crippen molar-refractivity contribution in [3.05, 3.63) is 119 Å². The quantitative estimate of drug-likeness (QED) is 0.180. The molecule has 0 bridgehead atoms. The van der Waals surface area contributed by atoms with E-state index in [9.17, 15) is 9.59 Å². The normalized spacial score (nSPS) is 12.0. The zero-order valence-corrected chi connectivity index (χ0v) is 32.5. The number of nitrogens with zero attached hydrogens (tertiary/aromatic N) is 1. The van der Waals surface area contributed by atoms with E-state index in [1.165, 1.54) is 76.3 Å². The average Bonchev–Trinajstić information content (AvgIpc) is 3.93. The van der Waals surface area contributed by atoms with Crippen LogP contribution in [0.4, 0.5) is 0 Å². The van der Waals surface area contributed by atoms with Crippen molar-refractivity contribution in [2.24, 2.45) is 0 Å². The van der Waals surface area contributed by atoms with Crippen molar-refractivity contribution in [1.82, 2.24) is 4.57 Å². The predicted octanol–water partition coefficient (Wildman–Crippen LogP) is 13.0. The number of thiophene rings is 6. The molecule has 9 aromatic rings. The summed E-state index contributed by atoms with van der Waals surface area (Å²) < 4.78 is 5.85. The van der Waals surface area contributed by atoms with Crippen LogP contribution in [0.3, 0.4) is 0 Å². The Morgan fingerprint density at radius 1 is 0.469 bits per heavy atom. The maximum absolute atomic E-state index is 14.1. The summed E-state index contributed by atoms with van der Waals surface area (Å²) in [5, 5.41) is 3.89. The van der Waals surface area contributed by atoms with Crippen molar-refractivity contribution in [3.63, 3.8) is 0 Å². The zero-order valence-electron chi connectivity index (χ0n) is 27.6. The molecule has 9 heteroatoms. The number of hydrogen-bond acceptors (Lipinski definition) is 8. The van der Waals surface area contributed by atoms with E-state index in [4.69, 9.17) is 0 Å². The van der Waals surface area contributed by atoms with Crippen LogP contribution < -0.4 is 11.1 Å². The smallest absolute Gasteiger partial charge is 0.266 e. The first-order valence-electron chi connectivity index (χ1n) is 15.9. The Hall–Kier alpha value is -3.70. The summed E-state index contributed by atoms with van der Waals surface area (Å²) in [6.45, 7) is 13.1. The fourth-order valence-corrected chi connectivity index (χ4v) is 14.0. The monoisotopic (exact) mass is 747 g/mol. The first-order valence-corrected chi connectivity index (χ1v) is 20.8. The van der Waals surface area contributed by atoms with Gasteiger partial charge in [-0.1, -0.05) is 18.2 Å². The molecule has 0 radical (unpaired) electrons. The molecule has 0 spiro atoms. The molecule has 242 valence electrons. The van der Waals surface area contributed by atoms with Crippen LogP contribution in [0.2, 0.25) is 0 Å². The second-order valence-corrected chi connectivity index (χ2v) is 19.4. The summed E-state index contributed by atoms with van der Waals surface area (Å²) >= 11 is 10.7. The fraction of sp³-hybridized carbons (Fsp3) is 0.150. The van der Waals surface area contributed by atoms with Crippen molar-refractivity contribution in [3.8, 4) is 35.0 Å². The van der Waals surface area contributed by atoms with Crippen molar-refractivity contribution < 1.29 is 0 Å². The molecule has 0 saturated heterocycles. The number of para-hydroxylation sites is 1. The largest absolute Gasteiger partial charge is 0.268 e. The summed E-state index contributed by atoms with van der Waals surface area (Å²) in [4.78, 5) is 37.8. The lowest BCUT2D eigenvalue weighted by Crippen LogP contribution is -2.28. The first kappa shape index (κ1) is 31.3. The van der Waals surface area contributed by atoms with Crippen molar-refractivity contribution in [1.29, 1.82) is 0 Å². The Morgan fingerprint density at radius 3 is 1.59 bits per heavy atom. The Labute approximate surface area is 306 Å². The third-order valence-corrected chi connectivity index (χ3v) is 17.2. The van der Waals surface area contributed by atoms with Gasteiger partial charge in [0, 0.05) is 48.4 Å². The Kier molecular flexibility index (Phi) is 7.29. The van der Waals surface area contributed by atoms with Gasteiger partial charge in [-0.15, -0.1) is 68.0 Å². The van der Waals surface area contributed by atoms with Gasteiger partial charge in [0.1, 0.15) is 0 Å². The van der Waals surface area contributed by atoms with Crippen molar-refractivity contribution in [2.45, 2.75) is 41.5 Å². The highest BCUT2D eigenvalue weighted by Crippen LogP contribution is 2.49. The van der Waals surface area contributed by atoms with Crippen LogP contribution in [0.1, 0.15) is 32.0 Å². The van der Waals surface area contributed by atoms with Crippen LogP contribution in [0.15, 0.2) is 76.3 Å². The van der Waals surface area contributed by atoms with Crippen LogP contribution in [0, 0.1) is 41.5 Å². The molecule has 0 unspecified atom stereocenters. The van der Waals surface area contributed by atoms with Gasteiger partial charge in [-0.3, -0.25) is 9.59 Å². The molecule has 3 nitrogen and oxygen atoms in total. The summed E-state index contributed by atoms with van der Waals surface area (Å²) in [6.07, 6.45) is 0. The molecule has 0 amide bonds. The molecule has 0 aliphatic heterocycles.